The van der Waals surface area contributed by atoms with Crippen LogP contribution in [0.1, 0.15) is 28.9 Å². The molecule has 0 aromatic heterocycles. The van der Waals surface area contributed by atoms with Gasteiger partial charge in [0.15, 0.2) is 0 Å². The van der Waals surface area contributed by atoms with E-state index in [2.05, 4.69) is 0 Å². The van der Waals surface area contributed by atoms with Crippen LogP contribution < -0.4 is 0 Å². The molecule has 0 amide bonds. The Labute approximate surface area is 80.1 Å². The lowest BCUT2D eigenvalue weighted by Crippen LogP contribution is -1.99. The van der Waals surface area contributed by atoms with Crippen molar-refractivity contribution in [2.45, 2.75) is 13.0 Å². The van der Waals surface area contributed by atoms with Gasteiger partial charge in [-0.25, -0.2) is 0 Å². The van der Waals surface area contributed by atoms with Gasteiger partial charge in [-0.3, -0.25) is 14.9 Å². The fraction of sp³-hybridized carbons (Fsp3) is 0.222. The largest absolute Gasteiger partial charge is 0.389 e. The molecule has 1 rings (SSSR count). The maximum Gasteiger partial charge on any atom is 0.269 e. The Balaban J connectivity index is 3.27. The molecule has 14 heavy (non-hydrogen) atoms. The van der Waals surface area contributed by atoms with Crippen LogP contribution in [0.5, 0.6) is 0 Å². The average Bonchev–Trinajstić information content (AvgIpc) is 2.16. The number of hydrogen-bond acceptors (Lipinski definition) is 4. The van der Waals surface area contributed by atoms with Crippen molar-refractivity contribution in [3.8, 4) is 0 Å². The van der Waals surface area contributed by atoms with Crippen molar-refractivity contribution in [2.75, 3.05) is 0 Å². The van der Waals surface area contributed by atoms with Gasteiger partial charge < -0.3 is 5.11 Å². The predicted molar refractivity (Wildman–Crippen MR) is 49.1 cm³/mol. The number of aliphatic hydroxyl groups is 1. The summed E-state index contributed by atoms with van der Waals surface area (Å²) in [5, 5.41) is 19.7. The van der Waals surface area contributed by atoms with Crippen molar-refractivity contribution in [1.29, 1.82) is 0 Å². The number of nitrogens with zero attached hydrogens (tertiary/aromatic N) is 1. The quantitative estimate of drug-likeness (QED) is 0.449. The number of carbonyl (C=O) groups is 1. The molecule has 1 N–H and O–H groups in total. The minimum atomic E-state index is -0.893. The second kappa shape index (κ2) is 3.97. The number of rotatable bonds is 3. The smallest absolute Gasteiger partial charge is 0.269 e. The Morgan fingerprint density at radius 1 is 1.57 bits per heavy atom. The van der Waals surface area contributed by atoms with E-state index in [0.29, 0.717) is 6.29 Å². The summed E-state index contributed by atoms with van der Waals surface area (Å²) < 4.78 is 0. The molecule has 1 unspecified atom stereocenters. The maximum atomic E-state index is 10.5. The van der Waals surface area contributed by atoms with Gasteiger partial charge in [0.05, 0.1) is 11.0 Å². The lowest BCUT2D eigenvalue weighted by atomic mass is 10.0. The molecule has 0 bridgehead atoms. The minimum absolute atomic E-state index is 0.133. The maximum absolute atomic E-state index is 10.5. The number of benzene rings is 1. The van der Waals surface area contributed by atoms with Crippen LogP contribution in [0.25, 0.3) is 0 Å². The van der Waals surface area contributed by atoms with Gasteiger partial charge in [0.1, 0.15) is 6.29 Å². The third-order valence-electron chi connectivity index (χ3n) is 1.86. The standard InChI is InChI=1S/C9H9NO4/c1-6(12)9-4-8(10(13)14)3-2-7(9)5-11/h2-6,12H,1H3. The van der Waals surface area contributed by atoms with Crippen molar-refractivity contribution in [3.63, 3.8) is 0 Å². The van der Waals surface area contributed by atoms with Gasteiger partial charge in [-0.2, -0.15) is 0 Å². The number of carbonyl (C=O) groups excluding carboxylic acids is 1. The summed E-state index contributed by atoms with van der Waals surface area (Å²) in [4.78, 5) is 20.4. The Morgan fingerprint density at radius 2 is 2.21 bits per heavy atom. The van der Waals surface area contributed by atoms with Crippen molar-refractivity contribution in [1.82, 2.24) is 0 Å². The third kappa shape index (κ3) is 1.94. The highest BCUT2D eigenvalue weighted by molar-refractivity contribution is 5.78. The van der Waals surface area contributed by atoms with Crippen molar-refractivity contribution >= 4 is 12.0 Å². The summed E-state index contributed by atoms with van der Waals surface area (Å²) in [7, 11) is 0. The minimum Gasteiger partial charge on any atom is -0.389 e. The van der Waals surface area contributed by atoms with E-state index in [1.807, 2.05) is 0 Å². The first-order valence-corrected chi connectivity index (χ1v) is 3.98. The Morgan fingerprint density at radius 3 is 2.64 bits per heavy atom. The summed E-state index contributed by atoms with van der Waals surface area (Å²) >= 11 is 0. The Hall–Kier alpha value is -1.75. The number of hydrogen-bond donors (Lipinski definition) is 1. The lowest BCUT2D eigenvalue weighted by Gasteiger charge is -2.06. The van der Waals surface area contributed by atoms with Crippen LogP contribution >= 0.6 is 0 Å². The Bertz CT molecular complexity index is 373. The number of nitro groups is 1. The van der Waals surface area contributed by atoms with Gasteiger partial charge in [-0.1, -0.05) is 0 Å². The SMILES string of the molecule is CC(O)c1cc([N+](=O)[O-])ccc1C=O. The molecule has 0 saturated heterocycles. The molecular weight excluding hydrogens is 186 g/mol. The first-order chi connectivity index (χ1) is 6.56. The average molecular weight is 195 g/mol. The zero-order valence-corrected chi connectivity index (χ0v) is 7.51. The number of aliphatic hydroxyl groups excluding tert-OH is 1. The molecule has 0 aliphatic carbocycles. The highest BCUT2D eigenvalue weighted by Gasteiger charge is 2.13. The molecule has 0 aliphatic heterocycles. The molecular formula is C9H9NO4. The van der Waals surface area contributed by atoms with E-state index in [-0.39, 0.29) is 16.8 Å². The first-order valence-electron chi connectivity index (χ1n) is 3.98. The molecule has 0 fully saturated rings. The van der Waals surface area contributed by atoms with Crippen LogP contribution in [-0.4, -0.2) is 16.3 Å². The van der Waals surface area contributed by atoms with E-state index < -0.39 is 11.0 Å². The number of non-ortho nitro benzene ring substituents is 1. The van der Waals surface area contributed by atoms with E-state index >= 15 is 0 Å². The number of nitro benzene ring substituents is 1. The van der Waals surface area contributed by atoms with Gasteiger partial charge in [0, 0.05) is 17.7 Å². The molecule has 5 heteroatoms. The van der Waals surface area contributed by atoms with Crippen LogP contribution in [0.2, 0.25) is 0 Å². The fourth-order valence-electron chi connectivity index (χ4n) is 1.14. The topological polar surface area (TPSA) is 80.4 Å². The summed E-state index contributed by atoms with van der Waals surface area (Å²) in [5.41, 5.74) is 0.409. The van der Waals surface area contributed by atoms with Crippen LogP contribution in [0.4, 0.5) is 5.69 Å². The molecule has 0 heterocycles. The zero-order chi connectivity index (χ0) is 10.7. The zero-order valence-electron chi connectivity index (χ0n) is 7.51. The van der Waals surface area contributed by atoms with Crippen molar-refractivity contribution < 1.29 is 14.8 Å². The molecule has 0 radical (unpaired) electrons. The van der Waals surface area contributed by atoms with E-state index in [4.69, 9.17) is 0 Å². The van der Waals surface area contributed by atoms with Gasteiger partial charge >= 0.3 is 0 Å². The Kier molecular flexibility index (Phi) is 2.93. The fourth-order valence-corrected chi connectivity index (χ4v) is 1.14. The van der Waals surface area contributed by atoms with E-state index in [1.165, 1.54) is 25.1 Å². The van der Waals surface area contributed by atoms with Gasteiger partial charge in [0.2, 0.25) is 0 Å². The van der Waals surface area contributed by atoms with E-state index in [0.717, 1.165) is 0 Å². The van der Waals surface area contributed by atoms with E-state index in [1.54, 1.807) is 0 Å². The predicted octanol–water partition coefficient (Wildman–Crippen LogP) is 1.46. The monoisotopic (exact) mass is 195 g/mol. The molecule has 1 aromatic rings. The van der Waals surface area contributed by atoms with Crippen LogP contribution in [0, 0.1) is 10.1 Å². The number of aldehydes is 1. The molecule has 0 saturated carbocycles. The molecule has 74 valence electrons. The second-order valence-electron chi connectivity index (χ2n) is 2.86. The van der Waals surface area contributed by atoms with Crippen molar-refractivity contribution in [3.05, 3.63) is 39.4 Å². The van der Waals surface area contributed by atoms with Crippen LogP contribution in [0.15, 0.2) is 18.2 Å². The molecule has 1 aromatic carbocycles. The molecule has 0 spiro atoms. The van der Waals surface area contributed by atoms with Crippen LogP contribution in [-0.2, 0) is 0 Å². The lowest BCUT2D eigenvalue weighted by molar-refractivity contribution is -0.385. The first kappa shape index (κ1) is 10.3. The normalized spacial score (nSPS) is 12.1. The molecule has 0 aliphatic rings. The summed E-state index contributed by atoms with van der Waals surface area (Å²) in [6.45, 7) is 1.45. The van der Waals surface area contributed by atoms with E-state index in [9.17, 15) is 20.0 Å². The van der Waals surface area contributed by atoms with Gasteiger partial charge in [0.25, 0.3) is 5.69 Å². The summed E-state index contributed by atoms with van der Waals surface area (Å²) in [5.74, 6) is 0. The summed E-state index contributed by atoms with van der Waals surface area (Å²) in [6, 6.07) is 3.76. The second-order valence-corrected chi connectivity index (χ2v) is 2.86. The molecule has 5 nitrogen and oxygen atoms in total. The van der Waals surface area contributed by atoms with Crippen LogP contribution in [0.3, 0.4) is 0 Å². The molecule has 1 atom stereocenters. The highest BCUT2D eigenvalue weighted by Crippen LogP contribution is 2.22. The van der Waals surface area contributed by atoms with Crippen molar-refractivity contribution in [2.24, 2.45) is 0 Å². The highest BCUT2D eigenvalue weighted by atomic mass is 16.6. The third-order valence-corrected chi connectivity index (χ3v) is 1.86. The van der Waals surface area contributed by atoms with Gasteiger partial charge in [-0.15, -0.1) is 0 Å². The van der Waals surface area contributed by atoms with Gasteiger partial charge in [-0.05, 0) is 18.6 Å². The summed E-state index contributed by atoms with van der Waals surface area (Å²) in [6.07, 6.45) is -0.332.